The summed E-state index contributed by atoms with van der Waals surface area (Å²) in [7, 11) is 0. The van der Waals surface area contributed by atoms with Gasteiger partial charge in [-0.3, -0.25) is 14.4 Å². The van der Waals surface area contributed by atoms with Crippen LogP contribution in [0, 0.1) is 23.7 Å². The van der Waals surface area contributed by atoms with Crippen molar-refractivity contribution in [3.63, 3.8) is 0 Å². The predicted octanol–water partition coefficient (Wildman–Crippen LogP) is 0.871. The number of hydrogen-bond acceptors (Lipinski definition) is 9. The van der Waals surface area contributed by atoms with Crippen LogP contribution in [-0.4, -0.2) is 75.9 Å². The summed E-state index contributed by atoms with van der Waals surface area (Å²) in [6, 6.07) is 0. The quantitative estimate of drug-likeness (QED) is 0.254. The smallest absolute Gasteiger partial charge is 0.310 e. The zero-order chi connectivity index (χ0) is 21.1. The van der Waals surface area contributed by atoms with Crippen molar-refractivity contribution < 1.29 is 42.8 Å². The molecule has 1 aliphatic carbocycles. The molecule has 3 heterocycles. The van der Waals surface area contributed by atoms with Crippen LogP contribution in [-0.2, 0) is 42.8 Å². The van der Waals surface area contributed by atoms with Gasteiger partial charge < -0.3 is 28.4 Å². The summed E-state index contributed by atoms with van der Waals surface area (Å²) in [6.45, 7) is 4.61. The largest absolute Gasteiger partial charge is 0.465 e. The first-order chi connectivity index (χ1) is 14.5. The number of esters is 3. The van der Waals surface area contributed by atoms with Crippen molar-refractivity contribution in [1.29, 1.82) is 0 Å². The van der Waals surface area contributed by atoms with Crippen LogP contribution in [0.1, 0.15) is 32.6 Å². The molecule has 7 atom stereocenters. The molecule has 30 heavy (non-hydrogen) atoms. The zero-order valence-corrected chi connectivity index (χ0v) is 17.3. The third-order valence-electron chi connectivity index (χ3n) is 6.17. The first-order valence-corrected chi connectivity index (χ1v) is 10.9. The summed E-state index contributed by atoms with van der Waals surface area (Å²) in [5.74, 6) is -3.99. The van der Waals surface area contributed by atoms with E-state index in [0.29, 0.717) is 45.5 Å². The Bertz CT molecular complexity index is 638. The standard InChI is InChI=1S/C21H30O9/c1-12-8-16(19(22)25-5-2-13-9-28-13)18(21(24)27-7-4-15-11-30-15)17(12)20(23)26-6-3-14-10-29-14/h12-18H,2-11H2,1H3. The Labute approximate surface area is 175 Å². The third kappa shape index (κ3) is 5.92. The number of hydrogen-bond donors (Lipinski definition) is 0. The Hall–Kier alpha value is -1.71. The molecule has 168 valence electrons. The van der Waals surface area contributed by atoms with Gasteiger partial charge >= 0.3 is 17.9 Å². The van der Waals surface area contributed by atoms with Gasteiger partial charge in [0.25, 0.3) is 0 Å². The van der Waals surface area contributed by atoms with Gasteiger partial charge in [-0.2, -0.15) is 0 Å². The van der Waals surface area contributed by atoms with Crippen LogP contribution in [0.5, 0.6) is 0 Å². The summed E-state index contributed by atoms with van der Waals surface area (Å²) in [5.41, 5.74) is 0. The van der Waals surface area contributed by atoms with Crippen LogP contribution in [0.25, 0.3) is 0 Å². The normalized spacial score (nSPS) is 36.1. The molecule has 0 aromatic carbocycles. The van der Waals surface area contributed by atoms with E-state index in [0.717, 1.165) is 0 Å². The fraction of sp³-hybridized carbons (Fsp3) is 0.857. The van der Waals surface area contributed by atoms with E-state index >= 15 is 0 Å². The first kappa shape index (κ1) is 21.5. The maximum atomic E-state index is 12.9. The molecule has 9 heteroatoms. The minimum absolute atomic E-state index is 0.135. The fourth-order valence-electron chi connectivity index (χ4n) is 4.11. The van der Waals surface area contributed by atoms with E-state index in [2.05, 4.69) is 0 Å². The number of rotatable bonds is 12. The Kier molecular flexibility index (Phi) is 6.90. The highest BCUT2D eigenvalue weighted by Gasteiger charge is 2.54. The van der Waals surface area contributed by atoms with Gasteiger partial charge in [0.1, 0.15) is 0 Å². The summed E-state index contributed by atoms with van der Waals surface area (Å²) >= 11 is 0. The SMILES string of the molecule is CC1CC(C(=O)OCCC2CO2)C(C(=O)OCCC2CO2)C1C(=O)OCCC1CO1. The number of carbonyl (C=O) groups excluding carboxylic acids is 3. The maximum absolute atomic E-state index is 12.9. The van der Waals surface area contributed by atoms with Crippen LogP contribution in [0.2, 0.25) is 0 Å². The average Bonchev–Trinajstić information content (AvgIpc) is 3.56. The van der Waals surface area contributed by atoms with Gasteiger partial charge in [-0.1, -0.05) is 6.92 Å². The molecule has 0 spiro atoms. The number of ether oxygens (including phenoxy) is 6. The van der Waals surface area contributed by atoms with Crippen molar-refractivity contribution in [1.82, 2.24) is 0 Å². The maximum Gasteiger partial charge on any atom is 0.310 e. The van der Waals surface area contributed by atoms with Crippen molar-refractivity contribution in [2.24, 2.45) is 23.7 Å². The van der Waals surface area contributed by atoms with Gasteiger partial charge in [0.2, 0.25) is 0 Å². The molecule has 0 bridgehead atoms. The van der Waals surface area contributed by atoms with Crippen molar-refractivity contribution in [2.75, 3.05) is 39.6 Å². The van der Waals surface area contributed by atoms with E-state index in [1.54, 1.807) is 0 Å². The second kappa shape index (κ2) is 9.62. The van der Waals surface area contributed by atoms with Gasteiger partial charge in [-0.25, -0.2) is 0 Å². The average molecular weight is 426 g/mol. The monoisotopic (exact) mass is 426 g/mol. The van der Waals surface area contributed by atoms with Crippen LogP contribution in [0.15, 0.2) is 0 Å². The summed E-state index contributed by atoms with van der Waals surface area (Å²) in [6.07, 6.45) is 2.72. The van der Waals surface area contributed by atoms with E-state index in [1.807, 2.05) is 6.92 Å². The Morgan fingerprint density at radius 2 is 1.10 bits per heavy atom. The lowest BCUT2D eigenvalue weighted by atomic mass is 9.87. The van der Waals surface area contributed by atoms with Gasteiger partial charge in [-0.05, 0) is 12.3 Å². The van der Waals surface area contributed by atoms with Gasteiger partial charge in [0.15, 0.2) is 0 Å². The molecule has 4 fully saturated rings. The molecule has 9 nitrogen and oxygen atoms in total. The molecule has 3 aliphatic heterocycles. The van der Waals surface area contributed by atoms with E-state index in [-0.39, 0.29) is 44.1 Å². The molecule has 0 amide bonds. The molecule has 0 aromatic rings. The molecular formula is C21H30O9. The second-order valence-electron chi connectivity index (χ2n) is 8.61. The first-order valence-electron chi connectivity index (χ1n) is 10.9. The van der Waals surface area contributed by atoms with E-state index in [4.69, 9.17) is 28.4 Å². The van der Waals surface area contributed by atoms with Crippen molar-refractivity contribution in [3.8, 4) is 0 Å². The Balaban J connectivity index is 1.36. The zero-order valence-electron chi connectivity index (χ0n) is 17.3. The highest BCUT2D eigenvalue weighted by molar-refractivity contribution is 5.88. The third-order valence-corrected chi connectivity index (χ3v) is 6.17. The molecule has 0 radical (unpaired) electrons. The summed E-state index contributed by atoms with van der Waals surface area (Å²) in [5, 5.41) is 0. The molecule has 3 saturated heterocycles. The van der Waals surface area contributed by atoms with Crippen LogP contribution in [0.4, 0.5) is 0 Å². The molecule has 0 aromatic heterocycles. The molecule has 0 N–H and O–H groups in total. The predicted molar refractivity (Wildman–Crippen MR) is 100 cm³/mol. The number of carbonyl (C=O) groups is 3. The molecule has 7 unspecified atom stereocenters. The lowest BCUT2D eigenvalue weighted by molar-refractivity contribution is -0.166. The second-order valence-corrected chi connectivity index (χ2v) is 8.61. The molecule has 4 aliphatic rings. The molecule has 1 saturated carbocycles. The van der Waals surface area contributed by atoms with Crippen LogP contribution < -0.4 is 0 Å². The number of epoxide rings is 3. The van der Waals surface area contributed by atoms with E-state index < -0.39 is 35.7 Å². The summed E-state index contributed by atoms with van der Waals surface area (Å²) in [4.78, 5) is 38.4. The highest BCUT2D eigenvalue weighted by atomic mass is 16.6. The Morgan fingerprint density at radius 3 is 1.53 bits per heavy atom. The lowest BCUT2D eigenvalue weighted by Crippen LogP contribution is -2.37. The molecule has 4 rings (SSSR count). The van der Waals surface area contributed by atoms with Crippen molar-refractivity contribution in [2.45, 2.75) is 50.9 Å². The fourth-order valence-corrected chi connectivity index (χ4v) is 4.11. The van der Waals surface area contributed by atoms with Gasteiger partial charge in [0.05, 0.1) is 75.7 Å². The van der Waals surface area contributed by atoms with Crippen LogP contribution in [0.3, 0.4) is 0 Å². The van der Waals surface area contributed by atoms with Crippen LogP contribution >= 0.6 is 0 Å². The van der Waals surface area contributed by atoms with Gasteiger partial charge in [-0.15, -0.1) is 0 Å². The topological polar surface area (TPSA) is 116 Å². The highest BCUT2D eigenvalue weighted by Crippen LogP contribution is 2.44. The van der Waals surface area contributed by atoms with Gasteiger partial charge in [0, 0.05) is 19.3 Å². The minimum atomic E-state index is -0.894. The molecular weight excluding hydrogens is 396 g/mol. The van der Waals surface area contributed by atoms with Crippen molar-refractivity contribution in [3.05, 3.63) is 0 Å². The minimum Gasteiger partial charge on any atom is -0.465 e. The van der Waals surface area contributed by atoms with Crippen molar-refractivity contribution >= 4 is 17.9 Å². The van der Waals surface area contributed by atoms with E-state index in [1.165, 1.54) is 0 Å². The Morgan fingerprint density at radius 1 is 0.700 bits per heavy atom. The lowest BCUT2D eigenvalue weighted by Gasteiger charge is -2.22. The summed E-state index contributed by atoms with van der Waals surface area (Å²) < 4.78 is 31.6. The van der Waals surface area contributed by atoms with E-state index in [9.17, 15) is 14.4 Å².